The number of hydrogen-bond donors (Lipinski definition) is 2. The van der Waals surface area contributed by atoms with Gasteiger partial charge in [-0.05, 0) is 46.4 Å². The van der Waals surface area contributed by atoms with Crippen molar-refractivity contribution in [3.05, 3.63) is 63.4 Å². The zero-order valence-corrected chi connectivity index (χ0v) is 17.7. The number of carbonyl (C=O) groups is 1. The van der Waals surface area contributed by atoms with Gasteiger partial charge in [0.1, 0.15) is 5.56 Å². The van der Waals surface area contributed by atoms with Gasteiger partial charge in [0.05, 0.1) is 11.4 Å². The van der Waals surface area contributed by atoms with Gasteiger partial charge >= 0.3 is 5.97 Å². The summed E-state index contributed by atoms with van der Waals surface area (Å²) < 4.78 is 3.17. The third-order valence-corrected chi connectivity index (χ3v) is 6.91. The molecular formula is C23H21N3O3S. The fourth-order valence-electron chi connectivity index (χ4n) is 4.45. The van der Waals surface area contributed by atoms with Gasteiger partial charge in [-0.15, -0.1) is 11.3 Å². The van der Waals surface area contributed by atoms with Crippen molar-refractivity contribution >= 4 is 27.4 Å². The summed E-state index contributed by atoms with van der Waals surface area (Å²) in [6, 6.07) is 7.68. The highest BCUT2D eigenvalue weighted by atomic mass is 32.1. The van der Waals surface area contributed by atoms with Crippen LogP contribution >= 0.6 is 11.3 Å². The molecule has 0 saturated carbocycles. The van der Waals surface area contributed by atoms with E-state index in [0.717, 1.165) is 28.9 Å². The molecule has 0 spiro atoms. The summed E-state index contributed by atoms with van der Waals surface area (Å²) in [7, 11) is 0. The minimum atomic E-state index is -1.19. The molecule has 0 saturated heterocycles. The average Bonchev–Trinajstić information content (AvgIpc) is 3.37. The van der Waals surface area contributed by atoms with Crippen LogP contribution in [0.5, 0.6) is 0 Å². The lowest BCUT2D eigenvalue weighted by atomic mass is 9.77. The summed E-state index contributed by atoms with van der Waals surface area (Å²) in [6.45, 7) is 6.44. The van der Waals surface area contributed by atoms with Crippen LogP contribution in [0.3, 0.4) is 0 Å². The van der Waals surface area contributed by atoms with Gasteiger partial charge < -0.3 is 9.67 Å². The third-order valence-electron chi connectivity index (χ3n) is 5.96. The quantitative estimate of drug-likeness (QED) is 0.481. The van der Waals surface area contributed by atoms with Crippen LogP contribution < -0.4 is 5.43 Å². The Bertz CT molecular complexity index is 1360. The highest BCUT2D eigenvalue weighted by Crippen LogP contribution is 2.47. The van der Waals surface area contributed by atoms with Crippen molar-refractivity contribution in [1.29, 1.82) is 0 Å². The van der Waals surface area contributed by atoms with Crippen molar-refractivity contribution in [2.45, 2.75) is 33.2 Å². The van der Waals surface area contributed by atoms with Crippen molar-refractivity contribution in [2.75, 3.05) is 0 Å². The lowest BCUT2D eigenvalue weighted by Crippen LogP contribution is -2.32. The fourth-order valence-corrected chi connectivity index (χ4v) is 5.41. The van der Waals surface area contributed by atoms with E-state index < -0.39 is 11.4 Å². The SMILES string of the molecule is CC(C)(C)[C@@H]1Cc2c(cc(-c3ccn[nH]3)c3sccc23)-c2cc(=O)c(C(=O)O)cn21. The number of aromatic carboxylic acids is 1. The highest BCUT2D eigenvalue weighted by molar-refractivity contribution is 7.17. The van der Waals surface area contributed by atoms with Crippen LogP contribution in [0.2, 0.25) is 0 Å². The fraction of sp³-hybridized carbons (Fsp3) is 0.261. The molecular weight excluding hydrogens is 398 g/mol. The number of nitrogens with one attached hydrogen (secondary N) is 1. The summed E-state index contributed by atoms with van der Waals surface area (Å²) in [4.78, 5) is 24.3. The van der Waals surface area contributed by atoms with Gasteiger partial charge in [-0.25, -0.2) is 4.79 Å². The number of nitrogens with zero attached hydrogens (tertiary/aromatic N) is 2. The largest absolute Gasteiger partial charge is 0.477 e. The maximum atomic E-state index is 12.6. The van der Waals surface area contributed by atoms with Gasteiger partial charge in [-0.1, -0.05) is 20.8 Å². The summed E-state index contributed by atoms with van der Waals surface area (Å²) in [5.74, 6) is -1.19. The van der Waals surface area contributed by atoms with Gasteiger partial charge in [-0.2, -0.15) is 5.10 Å². The highest BCUT2D eigenvalue weighted by Gasteiger charge is 2.35. The number of pyridine rings is 1. The maximum Gasteiger partial charge on any atom is 0.341 e. The topological polar surface area (TPSA) is 88.0 Å². The monoisotopic (exact) mass is 419 g/mol. The first-order valence-electron chi connectivity index (χ1n) is 9.78. The molecule has 1 aliphatic rings. The number of fused-ring (bicyclic) bond motifs is 5. The molecule has 4 heterocycles. The van der Waals surface area contributed by atoms with Crippen LogP contribution in [-0.4, -0.2) is 25.8 Å². The number of carboxylic acid groups (broad SMARTS) is 1. The normalized spacial score (nSPS) is 15.8. The lowest BCUT2D eigenvalue weighted by Gasteiger charge is -2.39. The molecule has 0 amide bonds. The predicted octanol–water partition coefficient (Wildman–Crippen LogP) is 4.96. The minimum absolute atomic E-state index is 0.0276. The van der Waals surface area contributed by atoms with E-state index in [0.29, 0.717) is 0 Å². The van der Waals surface area contributed by atoms with Crippen molar-refractivity contribution < 1.29 is 9.90 Å². The van der Waals surface area contributed by atoms with E-state index in [1.165, 1.54) is 27.9 Å². The maximum absolute atomic E-state index is 12.6. The Morgan fingerprint density at radius 3 is 2.73 bits per heavy atom. The molecule has 6 nitrogen and oxygen atoms in total. The molecule has 0 fully saturated rings. The van der Waals surface area contributed by atoms with E-state index in [1.54, 1.807) is 17.5 Å². The molecule has 0 unspecified atom stereocenters. The van der Waals surface area contributed by atoms with E-state index in [4.69, 9.17) is 0 Å². The number of aromatic amines is 1. The molecule has 1 aromatic carbocycles. The Labute approximate surface area is 176 Å². The van der Waals surface area contributed by atoms with Crippen molar-refractivity contribution in [2.24, 2.45) is 5.41 Å². The number of aromatic nitrogens is 3. The second kappa shape index (κ2) is 6.40. The molecule has 0 aliphatic carbocycles. The van der Waals surface area contributed by atoms with Crippen LogP contribution in [0.4, 0.5) is 0 Å². The van der Waals surface area contributed by atoms with Gasteiger partial charge in [-0.3, -0.25) is 9.89 Å². The Morgan fingerprint density at radius 1 is 1.27 bits per heavy atom. The third kappa shape index (κ3) is 2.73. The minimum Gasteiger partial charge on any atom is -0.477 e. The second-order valence-corrected chi connectivity index (χ2v) is 9.74. The van der Waals surface area contributed by atoms with Crippen molar-refractivity contribution in [3.63, 3.8) is 0 Å². The van der Waals surface area contributed by atoms with Crippen LogP contribution in [0.25, 0.3) is 32.6 Å². The number of carboxylic acids is 1. The number of benzene rings is 1. The first kappa shape index (κ1) is 18.8. The molecule has 3 aromatic heterocycles. The van der Waals surface area contributed by atoms with E-state index in [2.05, 4.69) is 48.5 Å². The number of thiophene rings is 1. The standard InChI is InChI=1S/C23H21N3O3S/c1-23(2,3)20-9-13-12-5-7-30-21(12)15(17-4-6-24-25-17)8-14(13)18-10-19(27)16(22(28)29)11-26(18)20/h4-8,10-11,20H,9H2,1-3H3,(H,24,25)(H,28,29)/t20-/m0/s1. The molecule has 1 aliphatic heterocycles. The van der Waals surface area contributed by atoms with Gasteiger partial charge in [0, 0.05) is 40.3 Å². The van der Waals surface area contributed by atoms with Gasteiger partial charge in [0.15, 0.2) is 5.43 Å². The van der Waals surface area contributed by atoms with E-state index >= 15 is 0 Å². The Morgan fingerprint density at radius 2 is 2.07 bits per heavy atom. The van der Waals surface area contributed by atoms with Crippen LogP contribution in [-0.2, 0) is 6.42 Å². The molecule has 5 rings (SSSR count). The molecule has 1 atom stereocenters. The zero-order valence-electron chi connectivity index (χ0n) is 16.9. The zero-order chi connectivity index (χ0) is 21.2. The molecule has 2 N–H and O–H groups in total. The van der Waals surface area contributed by atoms with Crippen molar-refractivity contribution in [1.82, 2.24) is 14.8 Å². The second-order valence-electron chi connectivity index (χ2n) is 8.82. The first-order chi connectivity index (χ1) is 14.3. The van der Waals surface area contributed by atoms with E-state index in [1.807, 2.05) is 10.6 Å². The summed E-state index contributed by atoms with van der Waals surface area (Å²) in [5.41, 5.74) is 4.11. The number of H-pyrrole nitrogens is 1. The van der Waals surface area contributed by atoms with Gasteiger partial charge in [0.2, 0.25) is 0 Å². The predicted molar refractivity (Wildman–Crippen MR) is 118 cm³/mol. The number of hydrogen-bond acceptors (Lipinski definition) is 4. The Balaban J connectivity index is 1.88. The average molecular weight is 420 g/mol. The summed E-state index contributed by atoms with van der Waals surface area (Å²) in [5, 5.41) is 19.9. The van der Waals surface area contributed by atoms with Crippen LogP contribution in [0.1, 0.15) is 42.7 Å². The molecule has 0 radical (unpaired) electrons. The van der Waals surface area contributed by atoms with Crippen LogP contribution in [0, 0.1) is 5.41 Å². The lowest BCUT2D eigenvalue weighted by molar-refractivity contribution is 0.0693. The summed E-state index contributed by atoms with van der Waals surface area (Å²) >= 11 is 1.69. The van der Waals surface area contributed by atoms with Crippen molar-refractivity contribution in [3.8, 4) is 22.5 Å². The molecule has 152 valence electrons. The molecule has 0 bridgehead atoms. The summed E-state index contributed by atoms with van der Waals surface area (Å²) in [6.07, 6.45) is 4.01. The van der Waals surface area contributed by atoms with E-state index in [-0.39, 0.29) is 17.0 Å². The smallest absolute Gasteiger partial charge is 0.341 e. The van der Waals surface area contributed by atoms with E-state index in [9.17, 15) is 14.7 Å². The van der Waals surface area contributed by atoms with Crippen LogP contribution in [0.15, 0.2) is 46.8 Å². The Hall–Kier alpha value is -3.19. The van der Waals surface area contributed by atoms with Gasteiger partial charge in [0.25, 0.3) is 0 Å². The number of rotatable bonds is 2. The Kier molecular flexibility index (Phi) is 4.02. The molecule has 30 heavy (non-hydrogen) atoms. The molecule has 7 heteroatoms. The first-order valence-corrected chi connectivity index (χ1v) is 10.7. The molecule has 4 aromatic rings.